The van der Waals surface area contributed by atoms with E-state index in [0.717, 1.165) is 32.4 Å². The Morgan fingerprint density at radius 2 is 2.04 bits per heavy atom. The highest BCUT2D eigenvalue weighted by molar-refractivity contribution is 9.10. The summed E-state index contributed by atoms with van der Waals surface area (Å²) in [5, 5.41) is 7.15. The number of amides is 1. The van der Waals surface area contributed by atoms with Crippen molar-refractivity contribution in [2.24, 2.45) is 7.05 Å². The monoisotopic (exact) mass is 404 g/mol. The van der Waals surface area contributed by atoms with E-state index >= 15 is 0 Å². The average Bonchev–Trinajstić information content (AvgIpc) is 2.97. The molecule has 0 radical (unpaired) electrons. The molecule has 1 unspecified atom stereocenters. The normalized spacial score (nSPS) is 17.1. The number of carbonyl (C=O) groups is 1. The Labute approximate surface area is 155 Å². The Morgan fingerprint density at radius 3 is 2.80 bits per heavy atom. The predicted molar refractivity (Wildman–Crippen MR) is 101 cm³/mol. The minimum absolute atomic E-state index is 0.0839. The van der Waals surface area contributed by atoms with Crippen molar-refractivity contribution in [3.05, 3.63) is 56.9 Å². The molecule has 0 saturated carbocycles. The fourth-order valence-electron chi connectivity index (χ4n) is 3.01. The Kier molecular flexibility index (Phi) is 5.53. The Hall–Kier alpha value is -2.15. The first kappa shape index (κ1) is 17.7. The van der Waals surface area contributed by atoms with Crippen LogP contribution in [0, 0.1) is 0 Å². The molecule has 1 amide bonds. The van der Waals surface area contributed by atoms with Crippen LogP contribution >= 0.6 is 15.9 Å². The van der Waals surface area contributed by atoms with E-state index in [4.69, 9.17) is 0 Å². The van der Waals surface area contributed by atoms with Crippen LogP contribution in [0.15, 0.2) is 45.8 Å². The quantitative estimate of drug-likeness (QED) is 0.800. The number of hydrogen-bond donors (Lipinski definition) is 1. The van der Waals surface area contributed by atoms with Gasteiger partial charge >= 0.3 is 0 Å². The number of carbonyl (C=O) groups excluding carboxylic acids is 1. The van der Waals surface area contributed by atoms with E-state index in [1.54, 1.807) is 13.2 Å². The molecule has 1 atom stereocenters. The Bertz CT molecular complexity index is 806. The highest BCUT2D eigenvalue weighted by Gasteiger charge is 2.31. The van der Waals surface area contributed by atoms with E-state index in [9.17, 15) is 9.59 Å². The van der Waals surface area contributed by atoms with E-state index in [0.29, 0.717) is 10.2 Å². The predicted octanol–water partition coefficient (Wildman–Crippen LogP) is 2.19. The second-order valence-electron chi connectivity index (χ2n) is 6.20. The number of benzene rings is 1. The Morgan fingerprint density at radius 1 is 1.28 bits per heavy atom. The Balaban J connectivity index is 1.55. The molecular formula is C18H21BrN4O2. The number of anilines is 1. The lowest BCUT2D eigenvalue weighted by Crippen LogP contribution is -2.35. The maximum Gasteiger partial charge on any atom is 0.282 e. The molecule has 132 valence electrons. The van der Waals surface area contributed by atoms with Crippen molar-refractivity contribution in [3.8, 4) is 0 Å². The van der Waals surface area contributed by atoms with E-state index in [-0.39, 0.29) is 17.5 Å². The number of aromatic nitrogens is 2. The summed E-state index contributed by atoms with van der Waals surface area (Å²) in [6, 6.07) is 9.99. The number of likely N-dealkylation sites (tertiary alicyclic amines) is 1. The first-order valence-electron chi connectivity index (χ1n) is 8.37. The summed E-state index contributed by atoms with van der Waals surface area (Å²) < 4.78 is 1.65. The van der Waals surface area contributed by atoms with Gasteiger partial charge in [-0.3, -0.25) is 9.59 Å². The fraction of sp³-hybridized carbons (Fsp3) is 0.389. The van der Waals surface area contributed by atoms with Crippen molar-refractivity contribution in [1.29, 1.82) is 0 Å². The minimum atomic E-state index is -0.304. The van der Waals surface area contributed by atoms with Crippen LogP contribution in [0.1, 0.15) is 18.4 Å². The van der Waals surface area contributed by atoms with E-state index in [1.165, 1.54) is 10.2 Å². The summed E-state index contributed by atoms with van der Waals surface area (Å²) in [6.45, 7) is 1.49. The van der Waals surface area contributed by atoms with Gasteiger partial charge in [-0.05, 0) is 40.8 Å². The van der Waals surface area contributed by atoms with Gasteiger partial charge in [0, 0.05) is 20.1 Å². The molecule has 3 rings (SSSR count). The molecule has 2 aromatic rings. The third-order valence-corrected chi connectivity index (χ3v) is 5.21. The molecule has 1 N–H and O–H groups in total. The highest BCUT2D eigenvalue weighted by Crippen LogP contribution is 2.21. The van der Waals surface area contributed by atoms with Gasteiger partial charge in [0.25, 0.3) is 5.56 Å². The third kappa shape index (κ3) is 4.10. The highest BCUT2D eigenvalue weighted by atomic mass is 79.9. The van der Waals surface area contributed by atoms with Gasteiger partial charge in [0.05, 0.1) is 11.9 Å². The van der Waals surface area contributed by atoms with Crippen LogP contribution in [0.3, 0.4) is 0 Å². The van der Waals surface area contributed by atoms with Crippen molar-refractivity contribution in [1.82, 2.24) is 14.7 Å². The van der Waals surface area contributed by atoms with Gasteiger partial charge in [0.2, 0.25) is 5.91 Å². The molecule has 1 aromatic carbocycles. The molecular weight excluding hydrogens is 384 g/mol. The van der Waals surface area contributed by atoms with Gasteiger partial charge in [-0.25, -0.2) is 4.68 Å². The van der Waals surface area contributed by atoms with Gasteiger partial charge < -0.3 is 10.2 Å². The standard InChI is InChI=1S/C18H21BrN4O2/c1-22-18(25)16(19)15(12-20-22)21-14-9-11-23(17(14)24)10-5-8-13-6-3-2-4-7-13/h2-4,6-7,12,14,21H,5,8-11H2,1H3. The lowest BCUT2D eigenvalue weighted by molar-refractivity contribution is -0.128. The molecule has 0 bridgehead atoms. The second kappa shape index (κ2) is 7.82. The molecule has 1 aromatic heterocycles. The van der Waals surface area contributed by atoms with Crippen LogP contribution in [-0.4, -0.2) is 39.7 Å². The zero-order chi connectivity index (χ0) is 17.8. The maximum atomic E-state index is 12.6. The van der Waals surface area contributed by atoms with Gasteiger partial charge in [-0.15, -0.1) is 0 Å². The molecule has 1 aliphatic rings. The van der Waals surface area contributed by atoms with Crippen LogP contribution in [0.2, 0.25) is 0 Å². The molecule has 7 heteroatoms. The summed E-state index contributed by atoms with van der Waals surface area (Å²) in [6.07, 6.45) is 4.20. The molecule has 1 aliphatic heterocycles. The smallest absolute Gasteiger partial charge is 0.282 e. The number of nitrogens with one attached hydrogen (secondary N) is 1. The average molecular weight is 405 g/mol. The molecule has 1 fully saturated rings. The van der Waals surface area contributed by atoms with E-state index in [1.807, 2.05) is 23.1 Å². The van der Waals surface area contributed by atoms with Crippen molar-refractivity contribution in [3.63, 3.8) is 0 Å². The van der Waals surface area contributed by atoms with Gasteiger partial charge in [0.15, 0.2) is 0 Å². The topological polar surface area (TPSA) is 67.2 Å². The van der Waals surface area contributed by atoms with E-state index < -0.39 is 0 Å². The van der Waals surface area contributed by atoms with Crippen LogP contribution < -0.4 is 10.9 Å². The second-order valence-corrected chi connectivity index (χ2v) is 6.99. The van der Waals surface area contributed by atoms with Crippen LogP contribution in [0.5, 0.6) is 0 Å². The van der Waals surface area contributed by atoms with Crippen molar-refractivity contribution >= 4 is 27.5 Å². The van der Waals surface area contributed by atoms with Crippen molar-refractivity contribution in [2.45, 2.75) is 25.3 Å². The number of rotatable bonds is 6. The lowest BCUT2D eigenvalue weighted by atomic mass is 10.1. The zero-order valence-corrected chi connectivity index (χ0v) is 15.7. The first-order valence-corrected chi connectivity index (χ1v) is 9.16. The largest absolute Gasteiger partial charge is 0.371 e. The minimum Gasteiger partial charge on any atom is -0.371 e. The summed E-state index contributed by atoms with van der Waals surface area (Å²) in [7, 11) is 1.59. The molecule has 25 heavy (non-hydrogen) atoms. The van der Waals surface area contributed by atoms with Gasteiger partial charge in [-0.2, -0.15) is 5.10 Å². The van der Waals surface area contributed by atoms with Crippen molar-refractivity contribution in [2.75, 3.05) is 18.4 Å². The number of nitrogens with zero attached hydrogens (tertiary/aromatic N) is 3. The zero-order valence-electron chi connectivity index (χ0n) is 14.1. The summed E-state index contributed by atoms with van der Waals surface area (Å²) in [5.74, 6) is 0.0839. The summed E-state index contributed by atoms with van der Waals surface area (Å²) >= 11 is 3.28. The summed E-state index contributed by atoms with van der Waals surface area (Å²) in [4.78, 5) is 26.4. The van der Waals surface area contributed by atoms with E-state index in [2.05, 4.69) is 38.5 Å². The van der Waals surface area contributed by atoms with Crippen molar-refractivity contribution < 1.29 is 4.79 Å². The van der Waals surface area contributed by atoms with Crippen LogP contribution in [0.4, 0.5) is 5.69 Å². The molecule has 6 nitrogen and oxygen atoms in total. The molecule has 1 saturated heterocycles. The first-order chi connectivity index (χ1) is 12.1. The number of halogens is 1. The molecule has 0 spiro atoms. The fourth-order valence-corrected chi connectivity index (χ4v) is 3.49. The third-order valence-electron chi connectivity index (χ3n) is 4.44. The maximum absolute atomic E-state index is 12.6. The number of aryl methyl sites for hydroxylation is 2. The lowest BCUT2D eigenvalue weighted by Gasteiger charge is -2.18. The summed E-state index contributed by atoms with van der Waals surface area (Å²) in [5.41, 5.74) is 1.63. The van der Waals surface area contributed by atoms with Gasteiger partial charge in [-0.1, -0.05) is 30.3 Å². The number of hydrogen-bond acceptors (Lipinski definition) is 4. The molecule has 2 heterocycles. The van der Waals surface area contributed by atoms with Crippen LogP contribution in [-0.2, 0) is 18.3 Å². The van der Waals surface area contributed by atoms with Crippen LogP contribution in [0.25, 0.3) is 0 Å². The SMILES string of the molecule is Cn1ncc(NC2CCN(CCCc3ccccc3)C2=O)c(Br)c1=O. The molecule has 0 aliphatic carbocycles. The van der Waals surface area contributed by atoms with Gasteiger partial charge in [0.1, 0.15) is 10.5 Å².